The highest BCUT2D eigenvalue weighted by atomic mass is 16.5. The average Bonchev–Trinajstić information content (AvgIpc) is 2.73. The Kier molecular flexibility index (Phi) is 6.58. The standard InChI is InChI=1S/C22H28N2O3/c1-3-18-8-6-7-15-24(18)19-13-11-17(12-14-19)23-22(25)16-27-21-10-5-4-9-20(21)26-2/h4-5,9-14,18H,3,6-8,15-16H2,1-2H3,(H,23,25). The summed E-state index contributed by atoms with van der Waals surface area (Å²) in [7, 11) is 1.58. The molecule has 1 atom stereocenters. The second kappa shape index (κ2) is 9.31. The van der Waals surface area contributed by atoms with Gasteiger partial charge in [0.25, 0.3) is 5.91 Å². The zero-order valence-electron chi connectivity index (χ0n) is 16.1. The van der Waals surface area contributed by atoms with Crippen molar-refractivity contribution in [2.45, 2.75) is 38.6 Å². The molecule has 5 heteroatoms. The van der Waals surface area contributed by atoms with E-state index in [2.05, 4.69) is 29.3 Å². The molecule has 0 aliphatic carbocycles. The van der Waals surface area contributed by atoms with Crippen LogP contribution in [0.5, 0.6) is 11.5 Å². The highest BCUT2D eigenvalue weighted by molar-refractivity contribution is 5.92. The summed E-state index contributed by atoms with van der Waals surface area (Å²) in [6, 6.07) is 16.0. The van der Waals surface area contributed by atoms with E-state index < -0.39 is 0 Å². The zero-order valence-corrected chi connectivity index (χ0v) is 16.1. The molecule has 1 amide bonds. The second-order valence-electron chi connectivity index (χ2n) is 6.79. The molecule has 1 N–H and O–H groups in total. The van der Waals surface area contributed by atoms with Crippen LogP contribution in [0.4, 0.5) is 11.4 Å². The van der Waals surface area contributed by atoms with Crippen molar-refractivity contribution in [3.05, 3.63) is 48.5 Å². The number of ether oxygens (including phenoxy) is 2. The molecular formula is C22H28N2O3. The van der Waals surface area contributed by atoms with E-state index in [0.717, 1.165) is 12.2 Å². The smallest absolute Gasteiger partial charge is 0.262 e. The number of para-hydroxylation sites is 2. The fraction of sp³-hybridized carbons (Fsp3) is 0.409. The molecule has 1 fully saturated rings. The molecule has 1 saturated heterocycles. The summed E-state index contributed by atoms with van der Waals surface area (Å²) in [6.07, 6.45) is 4.98. The lowest BCUT2D eigenvalue weighted by atomic mass is 9.99. The normalized spacial score (nSPS) is 16.7. The van der Waals surface area contributed by atoms with E-state index in [1.807, 2.05) is 24.3 Å². The van der Waals surface area contributed by atoms with E-state index in [9.17, 15) is 4.79 Å². The number of anilines is 2. The maximum absolute atomic E-state index is 12.2. The number of methoxy groups -OCH3 is 1. The molecule has 2 aromatic carbocycles. The van der Waals surface area contributed by atoms with Gasteiger partial charge in [-0.2, -0.15) is 0 Å². The minimum Gasteiger partial charge on any atom is -0.493 e. The van der Waals surface area contributed by atoms with Crippen LogP contribution in [0, 0.1) is 0 Å². The number of carbonyl (C=O) groups is 1. The fourth-order valence-electron chi connectivity index (χ4n) is 3.58. The Balaban J connectivity index is 1.55. The number of piperidine rings is 1. The topological polar surface area (TPSA) is 50.8 Å². The Hall–Kier alpha value is -2.69. The van der Waals surface area contributed by atoms with Gasteiger partial charge in [0.2, 0.25) is 0 Å². The van der Waals surface area contributed by atoms with Crippen molar-refractivity contribution < 1.29 is 14.3 Å². The quantitative estimate of drug-likeness (QED) is 0.783. The first-order valence-corrected chi connectivity index (χ1v) is 9.63. The van der Waals surface area contributed by atoms with Crippen LogP contribution >= 0.6 is 0 Å². The van der Waals surface area contributed by atoms with Crippen molar-refractivity contribution in [3.63, 3.8) is 0 Å². The van der Waals surface area contributed by atoms with E-state index in [4.69, 9.17) is 9.47 Å². The molecule has 27 heavy (non-hydrogen) atoms. The van der Waals surface area contributed by atoms with Crippen LogP contribution in [0.3, 0.4) is 0 Å². The lowest BCUT2D eigenvalue weighted by Gasteiger charge is -2.37. The van der Waals surface area contributed by atoms with Gasteiger partial charge in [-0.1, -0.05) is 19.1 Å². The molecule has 1 unspecified atom stereocenters. The predicted octanol–water partition coefficient (Wildman–Crippen LogP) is 4.48. The molecule has 144 valence electrons. The predicted molar refractivity (Wildman–Crippen MR) is 109 cm³/mol. The fourth-order valence-corrected chi connectivity index (χ4v) is 3.58. The van der Waals surface area contributed by atoms with Crippen LogP contribution in [0.2, 0.25) is 0 Å². The number of nitrogens with zero attached hydrogens (tertiary/aromatic N) is 1. The van der Waals surface area contributed by atoms with Gasteiger partial charge in [-0.05, 0) is 62.1 Å². The number of amides is 1. The number of carbonyl (C=O) groups excluding carboxylic acids is 1. The summed E-state index contributed by atoms with van der Waals surface area (Å²) in [4.78, 5) is 14.7. The summed E-state index contributed by atoms with van der Waals surface area (Å²) in [5, 5.41) is 2.88. The highest BCUT2D eigenvalue weighted by Crippen LogP contribution is 2.28. The number of nitrogens with one attached hydrogen (secondary N) is 1. The van der Waals surface area contributed by atoms with Crippen LogP contribution in [0.15, 0.2) is 48.5 Å². The van der Waals surface area contributed by atoms with Crippen molar-refractivity contribution in [1.82, 2.24) is 0 Å². The molecule has 0 saturated carbocycles. The molecule has 1 aliphatic heterocycles. The zero-order chi connectivity index (χ0) is 19.1. The van der Waals surface area contributed by atoms with Gasteiger partial charge < -0.3 is 19.7 Å². The van der Waals surface area contributed by atoms with Crippen molar-refractivity contribution >= 4 is 17.3 Å². The minimum absolute atomic E-state index is 0.0633. The first-order valence-electron chi connectivity index (χ1n) is 9.63. The molecule has 0 radical (unpaired) electrons. The molecule has 3 rings (SSSR count). The molecule has 1 aliphatic rings. The maximum atomic E-state index is 12.2. The van der Waals surface area contributed by atoms with E-state index in [1.165, 1.54) is 31.4 Å². The van der Waals surface area contributed by atoms with Crippen LogP contribution in [0.1, 0.15) is 32.6 Å². The molecule has 1 heterocycles. The van der Waals surface area contributed by atoms with Gasteiger partial charge in [0.1, 0.15) is 0 Å². The monoisotopic (exact) mass is 368 g/mol. The first-order chi connectivity index (χ1) is 13.2. The van der Waals surface area contributed by atoms with Gasteiger partial charge in [0.05, 0.1) is 7.11 Å². The highest BCUT2D eigenvalue weighted by Gasteiger charge is 2.20. The van der Waals surface area contributed by atoms with Crippen LogP contribution in [0.25, 0.3) is 0 Å². The van der Waals surface area contributed by atoms with E-state index >= 15 is 0 Å². The SMILES string of the molecule is CCC1CCCCN1c1ccc(NC(=O)COc2ccccc2OC)cc1. The van der Waals surface area contributed by atoms with E-state index in [-0.39, 0.29) is 12.5 Å². The maximum Gasteiger partial charge on any atom is 0.262 e. The Morgan fingerprint density at radius 3 is 2.56 bits per heavy atom. The van der Waals surface area contributed by atoms with Gasteiger partial charge in [0, 0.05) is 24.0 Å². The lowest BCUT2D eigenvalue weighted by Crippen LogP contribution is -2.39. The van der Waals surface area contributed by atoms with Gasteiger partial charge in [-0.15, -0.1) is 0 Å². The number of hydrogen-bond donors (Lipinski definition) is 1. The molecule has 2 aromatic rings. The minimum atomic E-state index is -0.196. The third-order valence-electron chi connectivity index (χ3n) is 5.01. The van der Waals surface area contributed by atoms with Gasteiger partial charge in [0.15, 0.2) is 18.1 Å². The summed E-state index contributed by atoms with van der Waals surface area (Å²) in [5.41, 5.74) is 2.00. The Labute approximate surface area is 161 Å². The summed E-state index contributed by atoms with van der Waals surface area (Å²) in [6.45, 7) is 3.29. The second-order valence-corrected chi connectivity index (χ2v) is 6.79. The number of rotatable bonds is 7. The number of hydrogen-bond acceptors (Lipinski definition) is 4. The molecule has 0 aromatic heterocycles. The molecule has 0 bridgehead atoms. The van der Waals surface area contributed by atoms with Crippen LogP contribution in [-0.4, -0.2) is 32.2 Å². The third-order valence-corrected chi connectivity index (χ3v) is 5.01. The van der Waals surface area contributed by atoms with Gasteiger partial charge in [-0.25, -0.2) is 0 Å². The van der Waals surface area contributed by atoms with Crippen molar-refractivity contribution in [3.8, 4) is 11.5 Å². The Morgan fingerprint density at radius 2 is 1.85 bits per heavy atom. The summed E-state index contributed by atoms with van der Waals surface area (Å²) in [5.74, 6) is 0.973. The third kappa shape index (κ3) is 4.94. The van der Waals surface area contributed by atoms with Crippen LogP contribution in [-0.2, 0) is 4.79 Å². The molecular weight excluding hydrogens is 340 g/mol. The lowest BCUT2D eigenvalue weighted by molar-refractivity contribution is -0.118. The van der Waals surface area contributed by atoms with Crippen molar-refractivity contribution in [2.24, 2.45) is 0 Å². The Morgan fingerprint density at radius 1 is 1.11 bits per heavy atom. The van der Waals surface area contributed by atoms with E-state index in [0.29, 0.717) is 17.5 Å². The van der Waals surface area contributed by atoms with Gasteiger partial charge >= 0.3 is 0 Å². The summed E-state index contributed by atoms with van der Waals surface area (Å²) < 4.78 is 10.8. The first kappa shape index (κ1) is 19.1. The van der Waals surface area contributed by atoms with Gasteiger partial charge in [-0.3, -0.25) is 4.79 Å². The molecule has 5 nitrogen and oxygen atoms in total. The Bertz CT molecular complexity index is 745. The van der Waals surface area contributed by atoms with Crippen molar-refractivity contribution in [2.75, 3.05) is 30.5 Å². The summed E-state index contributed by atoms with van der Waals surface area (Å²) >= 11 is 0. The van der Waals surface area contributed by atoms with E-state index in [1.54, 1.807) is 19.2 Å². The molecule has 0 spiro atoms. The van der Waals surface area contributed by atoms with Crippen molar-refractivity contribution in [1.29, 1.82) is 0 Å². The number of benzene rings is 2. The van der Waals surface area contributed by atoms with Crippen LogP contribution < -0.4 is 19.7 Å². The average molecular weight is 368 g/mol. The largest absolute Gasteiger partial charge is 0.493 e.